The molecule has 0 fully saturated rings. The molecule has 0 saturated heterocycles. The Bertz CT molecular complexity index is 237. The third-order valence-corrected chi connectivity index (χ3v) is 3.63. The summed E-state index contributed by atoms with van der Waals surface area (Å²) >= 11 is 9.34. The summed E-state index contributed by atoms with van der Waals surface area (Å²) in [6.45, 7) is 0. The highest BCUT2D eigenvalue weighted by molar-refractivity contribution is 7.98. The third kappa shape index (κ3) is 2.66. The summed E-state index contributed by atoms with van der Waals surface area (Å²) < 4.78 is 0.867. The summed E-state index contributed by atoms with van der Waals surface area (Å²) in [6.07, 6.45) is 2.11. The van der Waals surface area contributed by atoms with Crippen molar-refractivity contribution in [1.82, 2.24) is 5.32 Å². The molecule has 1 atom stereocenters. The fourth-order valence-electron chi connectivity index (χ4n) is 0.990. The number of nitrogens with one attached hydrogen (secondary N) is 1. The molecule has 1 aromatic heterocycles. The van der Waals surface area contributed by atoms with Crippen molar-refractivity contribution in [3.63, 3.8) is 0 Å². The lowest BCUT2D eigenvalue weighted by Crippen LogP contribution is -2.17. The second-order valence-corrected chi connectivity index (χ2v) is 5.10. The SMILES string of the molecule is CNC(CSC)c1ccc(Cl)s1. The van der Waals surface area contributed by atoms with Crippen LogP contribution >= 0.6 is 34.7 Å². The van der Waals surface area contributed by atoms with Crippen LogP contribution in [0.25, 0.3) is 0 Å². The first-order valence-electron chi connectivity index (χ1n) is 3.69. The fourth-order valence-corrected chi connectivity index (χ4v) is 2.95. The van der Waals surface area contributed by atoms with Gasteiger partial charge in [-0.05, 0) is 25.4 Å². The van der Waals surface area contributed by atoms with Crippen LogP contribution in [-0.4, -0.2) is 19.1 Å². The van der Waals surface area contributed by atoms with Gasteiger partial charge in [0.15, 0.2) is 0 Å². The van der Waals surface area contributed by atoms with Gasteiger partial charge in [-0.2, -0.15) is 11.8 Å². The van der Waals surface area contributed by atoms with E-state index < -0.39 is 0 Å². The molecule has 0 aliphatic rings. The first-order chi connectivity index (χ1) is 5.77. The van der Waals surface area contributed by atoms with E-state index in [1.54, 1.807) is 11.3 Å². The molecule has 1 aromatic rings. The van der Waals surface area contributed by atoms with Crippen LogP contribution in [0.4, 0.5) is 0 Å². The Balaban J connectivity index is 2.66. The summed E-state index contributed by atoms with van der Waals surface area (Å²) in [5.41, 5.74) is 0. The van der Waals surface area contributed by atoms with Crippen molar-refractivity contribution in [3.8, 4) is 0 Å². The Morgan fingerprint density at radius 2 is 2.42 bits per heavy atom. The molecule has 0 amide bonds. The summed E-state index contributed by atoms with van der Waals surface area (Å²) in [5, 5.41) is 3.26. The van der Waals surface area contributed by atoms with E-state index in [2.05, 4.69) is 17.6 Å². The summed E-state index contributed by atoms with van der Waals surface area (Å²) in [6, 6.07) is 4.48. The minimum Gasteiger partial charge on any atom is -0.312 e. The largest absolute Gasteiger partial charge is 0.312 e. The number of halogens is 1. The Morgan fingerprint density at radius 3 is 2.83 bits per heavy atom. The molecule has 68 valence electrons. The number of thioether (sulfide) groups is 1. The van der Waals surface area contributed by atoms with Gasteiger partial charge in [-0.3, -0.25) is 0 Å². The smallest absolute Gasteiger partial charge is 0.0931 e. The minimum atomic E-state index is 0.442. The molecule has 0 bridgehead atoms. The predicted molar refractivity (Wildman–Crippen MR) is 59.5 cm³/mol. The number of rotatable bonds is 4. The van der Waals surface area contributed by atoms with Crippen molar-refractivity contribution in [2.45, 2.75) is 6.04 Å². The molecule has 4 heteroatoms. The number of hydrogen-bond donors (Lipinski definition) is 1. The van der Waals surface area contributed by atoms with Crippen LogP contribution in [0.5, 0.6) is 0 Å². The lowest BCUT2D eigenvalue weighted by molar-refractivity contribution is 0.674. The van der Waals surface area contributed by atoms with Gasteiger partial charge in [0, 0.05) is 10.6 Å². The van der Waals surface area contributed by atoms with Crippen LogP contribution in [0, 0.1) is 0 Å². The monoisotopic (exact) mass is 221 g/mol. The van der Waals surface area contributed by atoms with Crippen molar-refractivity contribution in [3.05, 3.63) is 21.3 Å². The van der Waals surface area contributed by atoms with Crippen LogP contribution in [-0.2, 0) is 0 Å². The molecule has 0 aliphatic heterocycles. The zero-order valence-electron chi connectivity index (χ0n) is 7.13. The predicted octanol–water partition coefficient (Wildman–Crippen LogP) is 3.03. The van der Waals surface area contributed by atoms with Gasteiger partial charge in [-0.25, -0.2) is 0 Å². The van der Waals surface area contributed by atoms with E-state index in [-0.39, 0.29) is 0 Å². The first kappa shape index (κ1) is 10.4. The van der Waals surface area contributed by atoms with E-state index in [1.807, 2.05) is 24.9 Å². The molecule has 12 heavy (non-hydrogen) atoms. The molecule has 1 nitrogen and oxygen atoms in total. The highest BCUT2D eigenvalue weighted by atomic mass is 35.5. The first-order valence-corrected chi connectivity index (χ1v) is 6.28. The van der Waals surface area contributed by atoms with E-state index in [4.69, 9.17) is 11.6 Å². The Hall–Kier alpha value is 0.300. The maximum atomic E-state index is 5.85. The van der Waals surface area contributed by atoms with E-state index in [1.165, 1.54) is 4.88 Å². The molecule has 1 rings (SSSR count). The maximum absolute atomic E-state index is 5.85. The van der Waals surface area contributed by atoms with Gasteiger partial charge in [0.1, 0.15) is 0 Å². The van der Waals surface area contributed by atoms with Crippen molar-refractivity contribution in [2.75, 3.05) is 19.1 Å². The summed E-state index contributed by atoms with van der Waals surface area (Å²) in [7, 11) is 1.98. The lowest BCUT2D eigenvalue weighted by atomic mass is 10.3. The molecule has 1 N–H and O–H groups in total. The van der Waals surface area contributed by atoms with Crippen LogP contribution in [0.3, 0.4) is 0 Å². The zero-order valence-corrected chi connectivity index (χ0v) is 9.52. The lowest BCUT2D eigenvalue weighted by Gasteiger charge is -2.11. The van der Waals surface area contributed by atoms with E-state index in [0.717, 1.165) is 10.1 Å². The van der Waals surface area contributed by atoms with Crippen LogP contribution in [0.1, 0.15) is 10.9 Å². The van der Waals surface area contributed by atoms with E-state index in [9.17, 15) is 0 Å². The van der Waals surface area contributed by atoms with Gasteiger partial charge in [0.25, 0.3) is 0 Å². The average Bonchev–Trinajstić information content (AvgIpc) is 2.47. The van der Waals surface area contributed by atoms with Gasteiger partial charge >= 0.3 is 0 Å². The Kier molecular flexibility index (Phi) is 4.43. The van der Waals surface area contributed by atoms with E-state index >= 15 is 0 Å². The molecular formula is C8H12ClNS2. The molecule has 0 aromatic carbocycles. The minimum absolute atomic E-state index is 0.442. The van der Waals surface area contributed by atoms with Crippen LogP contribution in [0.2, 0.25) is 4.34 Å². The number of hydrogen-bond acceptors (Lipinski definition) is 3. The molecule has 1 heterocycles. The van der Waals surface area contributed by atoms with Crippen LogP contribution < -0.4 is 5.32 Å². The van der Waals surface area contributed by atoms with Crippen LogP contribution in [0.15, 0.2) is 12.1 Å². The highest BCUT2D eigenvalue weighted by Crippen LogP contribution is 2.28. The standard InChI is InChI=1S/C8H12ClNS2/c1-10-6(5-11-2)7-3-4-8(9)12-7/h3-4,6,10H,5H2,1-2H3. The van der Waals surface area contributed by atoms with Gasteiger partial charge in [-0.15, -0.1) is 11.3 Å². The van der Waals surface area contributed by atoms with Gasteiger partial charge in [0.2, 0.25) is 0 Å². The van der Waals surface area contributed by atoms with Gasteiger partial charge in [0.05, 0.1) is 10.4 Å². The highest BCUT2D eigenvalue weighted by Gasteiger charge is 2.09. The van der Waals surface area contributed by atoms with Gasteiger partial charge < -0.3 is 5.32 Å². The summed E-state index contributed by atoms with van der Waals surface area (Å²) in [5.74, 6) is 1.09. The second-order valence-electron chi connectivity index (χ2n) is 2.44. The van der Waals surface area contributed by atoms with Crippen molar-refractivity contribution >= 4 is 34.7 Å². The normalized spacial score (nSPS) is 13.2. The Morgan fingerprint density at radius 1 is 1.67 bits per heavy atom. The summed E-state index contributed by atoms with van der Waals surface area (Å²) in [4.78, 5) is 1.32. The van der Waals surface area contributed by atoms with Crippen molar-refractivity contribution < 1.29 is 0 Å². The quantitative estimate of drug-likeness (QED) is 0.839. The van der Waals surface area contributed by atoms with Gasteiger partial charge in [-0.1, -0.05) is 11.6 Å². The molecule has 0 saturated carbocycles. The third-order valence-electron chi connectivity index (χ3n) is 1.62. The molecule has 1 unspecified atom stereocenters. The fraction of sp³-hybridized carbons (Fsp3) is 0.500. The van der Waals surface area contributed by atoms with E-state index in [0.29, 0.717) is 6.04 Å². The topological polar surface area (TPSA) is 12.0 Å². The molecular weight excluding hydrogens is 210 g/mol. The molecule has 0 aliphatic carbocycles. The zero-order chi connectivity index (χ0) is 8.97. The average molecular weight is 222 g/mol. The second kappa shape index (κ2) is 5.12. The molecule has 0 spiro atoms. The Labute approximate surface area is 86.5 Å². The van der Waals surface area contributed by atoms with Crippen molar-refractivity contribution in [2.24, 2.45) is 0 Å². The molecule has 0 radical (unpaired) electrons. The maximum Gasteiger partial charge on any atom is 0.0931 e. The number of thiophene rings is 1. The van der Waals surface area contributed by atoms with Crippen molar-refractivity contribution in [1.29, 1.82) is 0 Å².